The van der Waals surface area contributed by atoms with Crippen molar-refractivity contribution >= 4 is 17.3 Å². The Labute approximate surface area is 172 Å². The summed E-state index contributed by atoms with van der Waals surface area (Å²) < 4.78 is 11.1. The Morgan fingerprint density at radius 1 is 1.24 bits per heavy atom. The van der Waals surface area contributed by atoms with Crippen LogP contribution in [0.25, 0.3) is 0 Å². The van der Waals surface area contributed by atoms with Crippen molar-refractivity contribution in [1.29, 1.82) is 0 Å². The average molecular weight is 399 g/mol. The molecule has 0 radical (unpaired) electrons. The largest absolute Gasteiger partial charge is 0.381 e. The molecule has 2 fully saturated rings. The van der Waals surface area contributed by atoms with E-state index in [2.05, 4.69) is 44.8 Å². The molecule has 1 unspecified atom stereocenters. The van der Waals surface area contributed by atoms with Crippen molar-refractivity contribution < 1.29 is 14.3 Å². The number of rotatable bonds is 5. The highest BCUT2D eigenvalue weighted by atomic mass is 16.5. The fraction of sp³-hybridized carbons (Fsp3) is 0.545. The number of nitrogens with one attached hydrogen (secondary N) is 2. The van der Waals surface area contributed by atoms with Gasteiger partial charge >= 0.3 is 0 Å². The number of nitrogens with zero attached hydrogens (tertiary/aromatic N) is 2. The van der Waals surface area contributed by atoms with E-state index in [9.17, 15) is 4.79 Å². The molecule has 1 aromatic rings. The summed E-state index contributed by atoms with van der Waals surface area (Å²) in [5, 5.41) is 6.31. The second kappa shape index (κ2) is 8.55. The number of anilines is 1. The highest BCUT2D eigenvalue weighted by molar-refractivity contribution is 6.38. The normalized spacial score (nSPS) is 25.4. The van der Waals surface area contributed by atoms with E-state index in [1.165, 1.54) is 11.3 Å². The van der Waals surface area contributed by atoms with Gasteiger partial charge in [-0.1, -0.05) is 18.2 Å². The maximum absolute atomic E-state index is 12.5. The number of hydrogen-bond acceptors (Lipinski definition) is 6. The van der Waals surface area contributed by atoms with Gasteiger partial charge < -0.3 is 25.0 Å². The number of hydrogen-bond donors (Lipinski definition) is 2. The van der Waals surface area contributed by atoms with Crippen molar-refractivity contribution in [3.63, 3.8) is 0 Å². The SMILES string of the molecule is CN/C(=C/N=C(C)C(=O)NC1CCOCC1)N1CC2(CCOC2)c2ccccc21. The lowest BCUT2D eigenvalue weighted by atomic mass is 9.82. The summed E-state index contributed by atoms with van der Waals surface area (Å²) in [5.41, 5.74) is 3.00. The van der Waals surface area contributed by atoms with Crippen molar-refractivity contribution in [2.75, 3.05) is 44.9 Å². The van der Waals surface area contributed by atoms with Crippen LogP contribution in [0, 0.1) is 0 Å². The molecule has 1 spiro atoms. The highest BCUT2D eigenvalue weighted by Gasteiger charge is 2.46. The van der Waals surface area contributed by atoms with E-state index in [1.54, 1.807) is 13.1 Å². The Balaban J connectivity index is 1.51. The molecule has 1 aromatic carbocycles. The molecule has 3 heterocycles. The van der Waals surface area contributed by atoms with Gasteiger partial charge in [-0.2, -0.15) is 0 Å². The molecular formula is C22H30N4O3. The third-order valence-electron chi connectivity index (χ3n) is 6.14. The number of benzene rings is 1. The number of carbonyl (C=O) groups is 1. The molecule has 156 valence electrons. The Hall–Kier alpha value is -2.38. The summed E-state index contributed by atoms with van der Waals surface area (Å²) in [4.78, 5) is 19.2. The summed E-state index contributed by atoms with van der Waals surface area (Å²) in [5.74, 6) is 0.755. The Kier molecular flexibility index (Phi) is 5.87. The third kappa shape index (κ3) is 4.02. The van der Waals surface area contributed by atoms with Crippen LogP contribution in [0.4, 0.5) is 5.69 Å². The molecule has 29 heavy (non-hydrogen) atoms. The van der Waals surface area contributed by atoms with Gasteiger partial charge in [0.25, 0.3) is 5.91 Å². The Morgan fingerprint density at radius 3 is 2.76 bits per heavy atom. The zero-order chi connectivity index (χ0) is 20.3. The second-order valence-corrected chi connectivity index (χ2v) is 8.03. The van der Waals surface area contributed by atoms with Gasteiger partial charge in [-0.25, -0.2) is 0 Å². The van der Waals surface area contributed by atoms with Crippen molar-refractivity contribution in [3.05, 3.63) is 41.8 Å². The Morgan fingerprint density at radius 2 is 2.03 bits per heavy atom. The summed E-state index contributed by atoms with van der Waals surface area (Å²) in [6.45, 7) is 5.54. The average Bonchev–Trinajstić information content (AvgIpc) is 3.35. The summed E-state index contributed by atoms with van der Waals surface area (Å²) in [6.07, 6.45) is 4.48. The zero-order valence-corrected chi connectivity index (χ0v) is 17.2. The quantitative estimate of drug-likeness (QED) is 0.742. The van der Waals surface area contributed by atoms with Crippen LogP contribution < -0.4 is 15.5 Å². The third-order valence-corrected chi connectivity index (χ3v) is 6.14. The molecule has 1 atom stereocenters. The first-order valence-corrected chi connectivity index (χ1v) is 10.4. The van der Waals surface area contributed by atoms with Gasteiger partial charge in [0.15, 0.2) is 0 Å². The minimum Gasteiger partial charge on any atom is -0.381 e. The van der Waals surface area contributed by atoms with Crippen molar-refractivity contribution in [2.24, 2.45) is 4.99 Å². The molecule has 0 aromatic heterocycles. The van der Waals surface area contributed by atoms with Gasteiger partial charge in [0.05, 0.1) is 12.8 Å². The van der Waals surface area contributed by atoms with Crippen LogP contribution in [0.15, 0.2) is 41.3 Å². The molecule has 2 N–H and O–H groups in total. The summed E-state index contributed by atoms with van der Waals surface area (Å²) in [7, 11) is 1.89. The zero-order valence-electron chi connectivity index (χ0n) is 17.2. The second-order valence-electron chi connectivity index (χ2n) is 8.03. The predicted molar refractivity (Wildman–Crippen MR) is 113 cm³/mol. The van der Waals surface area contributed by atoms with Crippen molar-refractivity contribution in [3.8, 4) is 0 Å². The summed E-state index contributed by atoms with van der Waals surface area (Å²) in [6, 6.07) is 8.66. The number of fused-ring (bicyclic) bond motifs is 2. The maximum atomic E-state index is 12.5. The lowest BCUT2D eigenvalue weighted by Crippen LogP contribution is -2.41. The van der Waals surface area contributed by atoms with Gasteiger partial charge in [0.2, 0.25) is 0 Å². The van der Waals surface area contributed by atoms with Crippen LogP contribution in [0.5, 0.6) is 0 Å². The van der Waals surface area contributed by atoms with Crippen LogP contribution in [0.3, 0.4) is 0 Å². The van der Waals surface area contributed by atoms with Crippen molar-refractivity contribution in [2.45, 2.75) is 37.6 Å². The summed E-state index contributed by atoms with van der Waals surface area (Å²) >= 11 is 0. The fourth-order valence-corrected chi connectivity index (χ4v) is 4.41. The first kappa shape index (κ1) is 19.9. The molecule has 3 aliphatic rings. The molecule has 0 saturated carbocycles. The lowest BCUT2D eigenvalue weighted by molar-refractivity contribution is -0.116. The molecule has 7 nitrogen and oxygen atoms in total. The monoisotopic (exact) mass is 398 g/mol. The molecule has 4 rings (SSSR count). The molecule has 0 aliphatic carbocycles. The number of amides is 1. The van der Waals surface area contributed by atoms with E-state index >= 15 is 0 Å². The number of para-hydroxylation sites is 1. The standard InChI is InChI=1S/C22H30N4O3/c1-16(21(27)25-17-7-10-28-11-8-17)24-13-20(23-2)26-14-22(9-12-29-15-22)18-5-3-4-6-19(18)26/h3-6,13,17,23H,7-12,14-15H2,1-2H3,(H,25,27)/b20-13-,24-16?. The lowest BCUT2D eigenvalue weighted by Gasteiger charge is -2.25. The molecule has 1 amide bonds. The van der Waals surface area contributed by atoms with Crippen LogP contribution >= 0.6 is 0 Å². The number of ether oxygens (including phenoxy) is 2. The molecule has 3 aliphatic heterocycles. The van der Waals surface area contributed by atoms with Crippen LogP contribution in [0.2, 0.25) is 0 Å². The van der Waals surface area contributed by atoms with Gasteiger partial charge in [0.1, 0.15) is 11.5 Å². The molecule has 2 saturated heterocycles. The minimum atomic E-state index is -0.119. The number of carbonyl (C=O) groups excluding carboxylic acids is 1. The Bertz CT molecular complexity index is 808. The van der Waals surface area contributed by atoms with E-state index < -0.39 is 0 Å². The van der Waals surface area contributed by atoms with E-state index in [0.29, 0.717) is 18.9 Å². The molecule has 7 heteroatoms. The van der Waals surface area contributed by atoms with E-state index in [0.717, 1.165) is 44.8 Å². The van der Waals surface area contributed by atoms with Gasteiger partial charge in [-0.3, -0.25) is 9.79 Å². The number of aliphatic imine (C=N–C) groups is 1. The molecular weight excluding hydrogens is 368 g/mol. The van der Waals surface area contributed by atoms with Crippen LogP contribution in [-0.4, -0.2) is 57.7 Å². The van der Waals surface area contributed by atoms with Crippen molar-refractivity contribution in [1.82, 2.24) is 10.6 Å². The minimum absolute atomic E-state index is 0.0335. The topological polar surface area (TPSA) is 75.2 Å². The van der Waals surface area contributed by atoms with Gasteiger partial charge in [-0.15, -0.1) is 0 Å². The van der Waals surface area contributed by atoms with Gasteiger partial charge in [0, 0.05) is 50.6 Å². The van der Waals surface area contributed by atoms with E-state index in [4.69, 9.17) is 9.47 Å². The molecule has 0 bridgehead atoms. The predicted octanol–water partition coefficient (Wildman–Crippen LogP) is 1.94. The van der Waals surface area contributed by atoms with Crippen LogP contribution in [-0.2, 0) is 19.7 Å². The smallest absolute Gasteiger partial charge is 0.265 e. The maximum Gasteiger partial charge on any atom is 0.265 e. The fourth-order valence-electron chi connectivity index (χ4n) is 4.41. The first-order chi connectivity index (χ1) is 14.1. The van der Waals surface area contributed by atoms with Crippen LogP contribution in [0.1, 0.15) is 31.7 Å². The van der Waals surface area contributed by atoms with Gasteiger partial charge in [-0.05, 0) is 37.8 Å². The van der Waals surface area contributed by atoms with E-state index in [1.807, 2.05) is 7.05 Å². The first-order valence-electron chi connectivity index (χ1n) is 10.4. The highest BCUT2D eigenvalue weighted by Crippen LogP contribution is 2.46. The van der Waals surface area contributed by atoms with E-state index in [-0.39, 0.29) is 17.4 Å².